The lowest BCUT2D eigenvalue weighted by atomic mass is 9.81. The molecule has 0 unspecified atom stereocenters. The molecule has 0 nitrogen and oxygen atoms in total. The van der Waals surface area contributed by atoms with Gasteiger partial charge in [0.1, 0.15) is 0 Å². The summed E-state index contributed by atoms with van der Waals surface area (Å²) in [6.07, 6.45) is 14.1. The quantitative estimate of drug-likeness (QED) is 0.516. The van der Waals surface area contributed by atoms with Crippen molar-refractivity contribution in [2.75, 3.05) is 0 Å². The minimum Gasteiger partial charge on any atom is -0.0651 e. The van der Waals surface area contributed by atoms with Gasteiger partial charge in [0.2, 0.25) is 0 Å². The third-order valence-electron chi connectivity index (χ3n) is 6.49. The van der Waals surface area contributed by atoms with Crippen molar-refractivity contribution in [3.63, 3.8) is 0 Å². The Morgan fingerprint density at radius 1 is 0.870 bits per heavy atom. The second-order valence-corrected chi connectivity index (χ2v) is 8.48. The number of rotatable bonds is 6. The van der Waals surface area contributed by atoms with E-state index in [0.717, 1.165) is 11.8 Å². The summed E-state index contributed by atoms with van der Waals surface area (Å²) >= 11 is 0. The number of hydrogen-bond donors (Lipinski definition) is 0. The van der Waals surface area contributed by atoms with Crippen LogP contribution in [0.5, 0.6) is 0 Å². The van der Waals surface area contributed by atoms with E-state index in [9.17, 15) is 0 Å². The maximum absolute atomic E-state index is 2.38. The fourth-order valence-corrected chi connectivity index (χ4v) is 4.07. The van der Waals surface area contributed by atoms with E-state index < -0.39 is 0 Å². The largest absolute Gasteiger partial charge is 0.0651 e. The summed E-state index contributed by atoms with van der Waals surface area (Å²) in [7, 11) is 0. The molecule has 1 aliphatic carbocycles. The average molecular weight is 315 g/mol. The monoisotopic (exact) mass is 314 g/mol. The summed E-state index contributed by atoms with van der Waals surface area (Å²) in [5, 5.41) is 0. The molecule has 0 amide bonds. The number of benzene rings is 1. The van der Waals surface area contributed by atoms with Gasteiger partial charge in [-0.3, -0.25) is 0 Å². The van der Waals surface area contributed by atoms with Gasteiger partial charge in [-0.2, -0.15) is 0 Å². The smallest absolute Gasteiger partial charge is 0.0106 e. The molecule has 1 aromatic rings. The summed E-state index contributed by atoms with van der Waals surface area (Å²) in [6, 6.07) is 9.48. The lowest BCUT2D eigenvalue weighted by molar-refractivity contribution is 0.301. The van der Waals surface area contributed by atoms with Crippen LogP contribution in [-0.4, -0.2) is 0 Å². The predicted molar refractivity (Wildman–Crippen MR) is 103 cm³/mol. The molecule has 1 aromatic carbocycles. The Morgan fingerprint density at radius 3 is 1.96 bits per heavy atom. The van der Waals surface area contributed by atoms with E-state index in [4.69, 9.17) is 0 Å². The van der Waals surface area contributed by atoms with E-state index in [-0.39, 0.29) is 0 Å². The molecule has 1 saturated carbocycles. The molecule has 1 aliphatic rings. The maximum Gasteiger partial charge on any atom is -0.0106 e. The molecule has 1 fully saturated rings. The number of hydrogen-bond acceptors (Lipinski definition) is 0. The van der Waals surface area contributed by atoms with Crippen molar-refractivity contribution < 1.29 is 0 Å². The standard InChI is InChI=1S/C23H38/c1-5-19-9-7-11-20(12-8-10-19)13-14-21-15-17-22(18-16-21)23(3,4)6-2/h15-20H,5-14H2,1-4H3. The molecule has 0 radical (unpaired) electrons. The van der Waals surface area contributed by atoms with Crippen molar-refractivity contribution in [3.8, 4) is 0 Å². The van der Waals surface area contributed by atoms with E-state index in [1.54, 1.807) is 0 Å². The average Bonchev–Trinajstić information content (AvgIpc) is 2.54. The highest BCUT2D eigenvalue weighted by Gasteiger charge is 2.18. The molecule has 130 valence electrons. The van der Waals surface area contributed by atoms with Crippen LogP contribution in [0.25, 0.3) is 0 Å². The van der Waals surface area contributed by atoms with E-state index in [1.807, 2.05) is 0 Å². The van der Waals surface area contributed by atoms with Crippen LogP contribution in [0.15, 0.2) is 24.3 Å². The normalized spacial score (nSPS) is 23.3. The molecule has 0 bridgehead atoms. The summed E-state index contributed by atoms with van der Waals surface area (Å²) in [4.78, 5) is 0. The van der Waals surface area contributed by atoms with Gasteiger partial charge in [0.25, 0.3) is 0 Å². The van der Waals surface area contributed by atoms with Crippen LogP contribution in [-0.2, 0) is 11.8 Å². The van der Waals surface area contributed by atoms with Gasteiger partial charge in [-0.15, -0.1) is 0 Å². The van der Waals surface area contributed by atoms with Crippen LogP contribution < -0.4 is 0 Å². The first-order chi connectivity index (χ1) is 11.0. The minimum atomic E-state index is 0.313. The molecule has 0 N–H and O–H groups in total. The zero-order valence-electron chi connectivity index (χ0n) is 16.0. The Labute approximate surface area is 145 Å². The molecule has 0 heterocycles. The van der Waals surface area contributed by atoms with E-state index in [1.165, 1.54) is 75.3 Å². The Balaban J connectivity index is 1.81. The molecular weight excluding hydrogens is 276 g/mol. The summed E-state index contributed by atoms with van der Waals surface area (Å²) in [5.41, 5.74) is 3.34. The van der Waals surface area contributed by atoms with E-state index >= 15 is 0 Å². The van der Waals surface area contributed by atoms with Gasteiger partial charge in [0.05, 0.1) is 0 Å². The molecule has 0 heteroatoms. The van der Waals surface area contributed by atoms with Gasteiger partial charge in [0.15, 0.2) is 0 Å². The van der Waals surface area contributed by atoms with Gasteiger partial charge in [-0.1, -0.05) is 96.9 Å². The van der Waals surface area contributed by atoms with Crippen LogP contribution in [0.4, 0.5) is 0 Å². The second kappa shape index (κ2) is 8.90. The molecular formula is C23H38. The first kappa shape index (κ1) is 18.6. The van der Waals surface area contributed by atoms with E-state index in [0.29, 0.717) is 5.41 Å². The molecule has 23 heavy (non-hydrogen) atoms. The van der Waals surface area contributed by atoms with Gasteiger partial charge in [-0.25, -0.2) is 0 Å². The fraction of sp³-hybridized carbons (Fsp3) is 0.739. The zero-order chi connectivity index (χ0) is 16.7. The molecule has 0 aromatic heterocycles. The Hall–Kier alpha value is -0.780. The highest BCUT2D eigenvalue weighted by atomic mass is 14.2. The van der Waals surface area contributed by atoms with Crippen molar-refractivity contribution in [2.45, 2.75) is 97.3 Å². The van der Waals surface area contributed by atoms with Crippen molar-refractivity contribution in [2.24, 2.45) is 11.8 Å². The predicted octanol–water partition coefficient (Wildman–Crippen LogP) is 7.30. The molecule has 0 saturated heterocycles. The maximum atomic E-state index is 2.38. The Morgan fingerprint density at radius 2 is 1.43 bits per heavy atom. The second-order valence-electron chi connectivity index (χ2n) is 8.48. The summed E-state index contributed by atoms with van der Waals surface area (Å²) < 4.78 is 0. The highest BCUT2D eigenvalue weighted by Crippen LogP contribution is 2.31. The van der Waals surface area contributed by atoms with Crippen molar-refractivity contribution >= 4 is 0 Å². The minimum absolute atomic E-state index is 0.313. The summed E-state index contributed by atoms with van der Waals surface area (Å²) in [5.74, 6) is 1.99. The number of aryl methyl sites for hydroxylation is 1. The van der Waals surface area contributed by atoms with Crippen molar-refractivity contribution in [3.05, 3.63) is 35.4 Å². The lowest BCUT2D eigenvalue weighted by Gasteiger charge is -2.25. The highest BCUT2D eigenvalue weighted by molar-refractivity contribution is 5.28. The van der Waals surface area contributed by atoms with Crippen LogP contribution in [0.1, 0.15) is 96.6 Å². The summed E-state index contributed by atoms with van der Waals surface area (Å²) in [6.45, 7) is 9.35. The van der Waals surface area contributed by atoms with Crippen LogP contribution in [0.2, 0.25) is 0 Å². The van der Waals surface area contributed by atoms with Gasteiger partial charge in [-0.05, 0) is 47.6 Å². The SMILES string of the molecule is CCC1CCCC(CCc2ccc(C(C)(C)CC)cc2)CCC1. The Bertz CT molecular complexity index is 430. The van der Waals surface area contributed by atoms with Crippen molar-refractivity contribution in [1.29, 1.82) is 0 Å². The van der Waals surface area contributed by atoms with Crippen molar-refractivity contribution in [1.82, 2.24) is 0 Å². The topological polar surface area (TPSA) is 0 Å². The molecule has 2 rings (SSSR count). The fourth-order valence-electron chi connectivity index (χ4n) is 4.07. The van der Waals surface area contributed by atoms with Crippen LogP contribution in [0.3, 0.4) is 0 Å². The van der Waals surface area contributed by atoms with Gasteiger partial charge < -0.3 is 0 Å². The zero-order valence-corrected chi connectivity index (χ0v) is 16.0. The first-order valence-corrected chi connectivity index (χ1v) is 10.1. The van der Waals surface area contributed by atoms with Gasteiger partial charge in [0, 0.05) is 0 Å². The first-order valence-electron chi connectivity index (χ1n) is 10.1. The third-order valence-corrected chi connectivity index (χ3v) is 6.49. The van der Waals surface area contributed by atoms with E-state index in [2.05, 4.69) is 52.0 Å². The molecule has 0 atom stereocenters. The van der Waals surface area contributed by atoms with Crippen LogP contribution in [0, 0.1) is 11.8 Å². The molecule has 0 spiro atoms. The lowest BCUT2D eigenvalue weighted by Crippen LogP contribution is -2.15. The van der Waals surface area contributed by atoms with Gasteiger partial charge >= 0.3 is 0 Å². The van der Waals surface area contributed by atoms with Crippen LogP contribution >= 0.6 is 0 Å². The third kappa shape index (κ3) is 5.66. The molecule has 0 aliphatic heterocycles. The Kier molecular flexibility index (Phi) is 7.18.